The van der Waals surface area contributed by atoms with Crippen molar-refractivity contribution >= 4 is 0 Å². The number of nitrogens with two attached hydrogens (primary N) is 1. The van der Waals surface area contributed by atoms with Gasteiger partial charge in [0, 0.05) is 32.0 Å². The maximum Gasteiger partial charge on any atom is 0.0271 e. The third kappa shape index (κ3) is 3.11. The van der Waals surface area contributed by atoms with Crippen LogP contribution >= 0.6 is 0 Å². The van der Waals surface area contributed by atoms with Gasteiger partial charge in [-0.25, -0.2) is 0 Å². The number of nitrogens with zero attached hydrogens (tertiary/aromatic N) is 1. The molecule has 0 aromatic carbocycles. The summed E-state index contributed by atoms with van der Waals surface area (Å²) >= 11 is 0. The average Bonchev–Trinajstić information content (AvgIpc) is 2.07. The summed E-state index contributed by atoms with van der Waals surface area (Å²) in [5.74, 6) is 0. The highest BCUT2D eigenvalue weighted by molar-refractivity contribution is 5.08. The van der Waals surface area contributed by atoms with E-state index in [0.717, 1.165) is 13.1 Å². The molecule has 1 aromatic heterocycles. The summed E-state index contributed by atoms with van der Waals surface area (Å²) in [6, 6.07) is 3.98. The fraction of sp³-hybridized carbons (Fsp3) is 0.375. The van der Waals surface area contributed by atoms with E-state index in [1.165, 1.54) is 5.56 Å². The zero-order chi connectivity index (χ0) is 7.94. The van der Waals surface area contributed by atoms with Crippen molar-refractivity contribution in [1.29, 1.82) is 0 Å². The Morgan fingerprint density at radius 1 is 1.36 bits per heavy atom. The molecule has 0 atom stereocenters. The van der Waals surface area contributed by atoms with Gasteiger partial charge >= 0.3 is 0 Å². The molecule has 1 aromatic rings. The number of rotatable bonds is 4. The van der Waals surface area contributed by atoms with Crippen LogP contribution in [-0.2, 0) is 6.54 Å². The first-order chi connectivity index (χ1) is 5.43. The van der Waals surface area contributed by atoms with Gasteiger partial charge in [0.25, 0.3) is 0 Å². The standard InChI is InChI=1S/C8H13N3/c9-3-6-11-7-8-1-4-10-5-2-8/h1-2,4-5,11H,3,6-7,9H2. The van der Waals surface area contributed by atoms with Crippen molar-refractivity contribution in [2.75, 3.05) is 13.1 Å². The van der Waals surface area contributed by atoms with Gasteiger partial charge < -0.3 is 11.1 Å². The maximum absolute atomic E-state index is 5.32. The van der Waals surface area contributed by atoms with Crippen LogP contribution in [0.5, 0.6) is 0 Å². The van der Waals surface area contributed by atoms with E-state index in [1.807, 2.05) is 12.1 Å². The molecule has 3 N–H and O–H groups in total. The topological polar surface area (TPSA) is 50.9 Å². The largest absolute Gasteiger partial charge is 0.329 e. The van der Waals surface area contributed by atoms with Crippen LogP contribution in [0.1, 0.15) is 5.56 Å². The summed E-state index contributed by atoms with van der Waals surface area (Å²) in [6.07, 6.45) is 3.58. The number of pyridine rings is 1. The van der Waals surface area contributed by atoms with Crippen molar-refractivity contribution in [3.8, 4) is 0 Å². The molecule has 0 aliphatic carbocycles. The first kappa shape index (κ1) is 8.17. The van der Waals surface area contributed by atoms with E-state index in [9.17, 15) is 0 Å². The van der Waals surface area contributed by atoms with Gasteiger partial charge in [-0.3, -0.25) is 4.98 Å². The molecule has 1 heterocycles. The summed E-state index contributed by atoms with van der Waals surface area (Å²) in [5, 5.41) is 3.20. The van der Waals surface area contributed by atoms with E-state index in [1.54, 1.807) is 12.4 Å². The normalized spacial score (nSPS) is 9.91. The van der Waals surface area contributed by atoms with Crippen LogP contribution in [0, 0.1) is 0 Å². The van der Waals surface area contributed by atoms with E-state index in [2.05, 4.69) is 10.3 Å². The zero-order valence-electron chi connectivity index (χ0n) is 6.46. The summed E-state index contributed by atoms with van der Waals surface area (Å²) < 4.78 is 0. The Kier molecular flexibility index (Phi) is 3.58. The van der Waals surface area contributed by atoms with Crippen molar-refractivity contribution in [3.63, 3.8) is 0 Å². The quantitative estimate of drug-likeness (QED) is 0.601. The van der Waals surface area contributed by atoms with Gasteiger partial charge in [-0.2, -0.15) is 0 Å². The Bertz CT molecular complexity index is 186. The van der Waals surface area contributed by atoms with E-state index in [0.29, 0.717) is 6.54 Å². The van der Waals surface area contributed by atoms with Crippen LogP contribution in [0.25, 0.3) is 0 Å². The van der Waals surface area contributed by atoms with Gasteiger partial charge in [0.15, 0.2) is 0 Å². The molecule has 0 aliphatic heterocycles. The molecule has 0 bridgehead atoms. The number of hydrogen-bond acceptors (Lipinski definition) is 3. The minimum absolute atomic E-state index is 0.686. The lowest BCUT2D eigenvalue weighted by Gasteiger charge is -2.01. The lowest BCUT2D eigenvalue weighted by atomic mass is 10.3. The Balaban J connectivity index is 2.28. The first-order valence-corrected chi connectivity index (χ1v) is 3.73. The lowest BCUT2D eigenvalue weighted by molar-refractivity contribution is 0.694. The fourth-order valence-corrected chi connectivity index (χ4v) is 0.835. The van der Waals surface area contributed by atoms with Crippen LogP contribution in [0.3, 0.4) is 0 Å². The first-order valence-electron chi connectivity index (χ1n) is 3.73. The van der Waals surface area contributed by atoms with E-state index >= 15 is 0 Å². The van der Waals surface area contributed by atoms with Crippen LogP contribution in [0.4, 0.5) is 0 Å². The Hall–Kier alpha value is -0.930. The molecule has 0 unspecified atom stereocenters. The van der Waals surface area contributed by atoms with Crippen LogP contribution in [0.15, 0.2) is 24.5 Å². The van der Waals surface area contributed by atoms with Gasteiger partial charge in [-0.1, -0.05) is 0 Å². The zero-order valence-corrected chi connectivity index (χ0v) is 6.46. The second kappa shape index (κ2) is 4.82. The van der Waals surface area contributed by atoms with E-state index < -0.39 is 0 Å². The molecular formula is C8H13N3. The smallest absolute Gasteiger partial charge is 0.0271 e. The summed E-state index contributed by atoms with van der Waals surface area (Å²) in [4.78, 5) is 3.92. The van der Waals surface area contributed by atoms with Gasteiger partial charge in [0.05, 0.1) is 0 Å². The number of aromatic nitrogens is 1. The Labute approximate surface area is 66.6 Å². The minimum atomic E-state index is 0.686. The molecule has 60 valence electrons. The second-order valence-corrected chi connectivity index (χ2v) is 2.32. The van der Waals surface area contributed by atoms with E-state index in [-0.39, 0.29) is 0 Å². The monoisotopic (exact) mass is 151 g/mol. The predicted molar refractivity (Wildman–Crippen MR) is 45.0 cm³/mol. The van der Waals surface area contributed by atoms with Crippen molar-refractivity contribution in [2.24, 2.45) is 5.73 Å². The molecule has 11 heavy (non-hydrogen) atoms. The average molecular weight is 151 g/mol. The van der Waals surface area contributed by atoms with Crippen LogP contribution in [-0.4, -0.2) is 18.1 Å². The highest BCUT2D eigenvalue weighted by atomic mass is 14.9. The molecule has 0 radical (unpaired) electrons. The summed E-state index contributed by atoms with van der Waals surface area (Å²) in [6.45, 7) is 2.42. The number of nitrogens with one attached hydrogen (secondary N) is 1. The molecule has 0 saturated heterocycles. The third-order valence-electron chi connectivity index (χ3n) is 1.40. The third-order valence-corrected chi connectivity index (χ3v) is 1.40. The predicted octanol–water partition coefficient (Wildman–Crippen LogP) is 0.130. The summed E-state index contributed by atoms with van der Waals surface area (Å²) in [5.41, 5.74) is 6.56. The molecular weight excluding hydrogens is 138 g/mol. The molecule has 1 rings (SSSR count). The maximum atomic E-state index is 5.32. The molecule has 0 spiro atoms. The highest BCUT2D eigenvalue weighted by Crippen LogP contribution is 1.93. The van der Waals surface area contributed by atoms with Crippen LogP contribution < -0.4 is 11.1 Å². The van der Waals surface area contributed by atoms with Gasteiger partial charge in [0.1, 0.15) is 0 Å². The second-order valence-electron chi connectivity index (χ2n) is 2.32. The molecule has 0 fully saturated rings. The Morgan fingerprint density at radius 3 is 2.73 bits per heavy atom. The van der Waals surface area contributed by atoms with Gasteiger partial charge in [-0.15, -0.1) is 0 Å². The van der Waals surface area contributed by atoms with Crippen molar-refractivity contribution in [3.05, 3.63) is 30.1 Å². The molecule has 0 saturated carbocycles. The molecule has 0 amide bonds. The minimum Gasteiger partial charge on any atom is -0.329 e. The molecule has 3 nitrogen and oxygen atoms in total. The van der Waals surface area contributed by atoms with Crippen LogP contribution in [0.2, 0.25) is 0 Å². The highest BCUT2D eigenvalue weighted by Gasteiger charge is 1.88. The summed E-state index contributed by atoms with van der Waals surface area (Å²) in [7, 11) is 0. The SMILES string of the molecule is NCCNCc1ccncc1. The van der Waals surface area contributed by atoms with Crippen molar-refractivity contribution < 1.29 is 0 Å². The molecule has 0 aliphatic rings. The van der Waals surface area contributed by atoms with E-state index in [4.69, 9.17) is 5.73 Å². The van der Waals surface area contributed by atoms with Gasteiger partial charge in [0.2, 0.25) is 0 Å². The fourth-order valence-electron chi connectivity index (χ4n) is 0.835. The Morgan fingerprint density at radius 2 is 2.09 bits per heavy atom. The number of hydrogen-bond donors (Lipinski definition) is 2. The van der Waals surface area contributed by atoms with Crippen molar-refractivity contribution in [2.45, 2.75) is 6.54 Å². The van der Waals surface area contributed by atoms with Gasteiger partial charge in [-0.05, 0) is 17.7 Å². The van der Waals surface area contributed by atoms with Crippen molar-refractivity contribution in [1.82, 2.24) is 10.3 Å². The lowest BCUT2D eigenvalue weighted by Crippen LogP contribution is -2.21. The molecule has 3 heteroatoms.